The highest BCUT2D eigenvalue weighted by molar-refractivity contribution is 9.08. The molecule has 0 spiro atoms. The van der Waals surface area contributed by atoms with Crippen LogP contribution >= 0.6 is 15.9 Å². The number of hydrogen-bond acceptors (Lipinski definition) is 3. The topological polar surface area (TPSA) is 46.4 Å². The first-order valence-electron chi connectivity index (χ1n) is 6.24. The van der Waals surface area contributed by atoms with Gasteiger partial charge in [-0.25, -0.2) is 0 Å². The van der Waals surface area contributed by atoms with E-state index in [1.54, 1.807) is 12.1 Å². The molecule has 1 unspecified atom stereocenters. The molecule has 0 radical (unpaired) electrons. The van der Waals surface area contributed by atoms with Crippen molar-refractivity contribution in [2.75, 3.05) is 18.0 Å². The molecule has 0 bridgehead atoms. The second-order valence-electron chi connectivity index (χ2n) is 4.71. The van der Waals surface area contributed by atoms with Gasteiger partial charge in [0.2, 0.25) is 0 Å². The van der Waals surface area contributed by atoms with Gasteiger partial charge in [-0.05, 0) is 24.0 Å². The highest BCUT2D eigenvalue weighted by Gasteiger charge is 2.23. The largest absolute Gasteiger partial charge is 0.371 e. The van der Waals surface area contributed by atoms with Gasteiger partial charge in [0, 0.05) is 36.2 Å². The molecular formula is C13H17BrN2O2. The molecule has 0 N–H and O–H groups in total. The molecule has 18 heavy (non-hydrogen) atoms. The van der Waals surface area contributed by atoms with Crippen LogP contribution in [0.3, 0.4) is 0 Å². The van der Waals surface area contributed by atoms with Crippen LogP contribution in [0.25, 0.3) is 0 Å². The summed E-state index contributed by atoms with van der Waals surface area (Å²) in [6.07, 6.45) is 2.42. The van der Waals surface area contributed by atoms with Crippen molar-refractivity contribution in [3.8, 4) is 0 Å². The van der Waals surface area contributed by atoms with Crippen molar-refractivity contribution in [2.24, 2.45) is 5.92 Å². The fraction of sp³-hybridized carbons (Fsp3) is 0.538. The Kier molecular flexibility index (Phi) is 4.22. The maximum absolute atomic E-state index is 10.8. The molecular weight excluding hydrogens is 296 g/mol. The first-order chi connectivity index (χ1) is 8.65. The maximum atomic E-state index is 10.8. The van der Waals surface area contributed by atoms with Gasteiger partial charge in [0.25, 0.3) is 5.69 Å². The summed E-state index contributed by atoms with van der Waals surface area (Å²) in [6, 6.07) is 5.15. The van der Waals surface area contributed by atoms with E-state index < -0.39 is 0 Å². The molecule has 5 heteroatoms. The number of nitro benzene ring substituents is 1. The van der Waals surface area contributed by atoms with Crippen LogP contribution < -0.4 is 4.90 Å². The Balaban J connectivity index is 2.25. The molecule has 4 nitrogen and oxygen atoms in total. The second-order valence-corrected chi connectivity index (χ2v) is 5.27. The number of anilines is 1. The minimum Gasteiger partial charge on any atom is -0.371 e. The van der Waals surface area contributed by atoms with Crippen molar-refractivity contribution in [2.45, 2.75) is 25.1 Å². The zero-order chi connectivity index (χ0) is 13.1. The van der Waals surface area contributed by atoms with Crippen LogP contribution in [0.15, 0.2) is 18.2 Å². The summed E-state index contributed by atoms with van der Waals surface area (Å²) in [5, 5.41) is 11.4. The number of non-ortho nitro benzene ring substituents is 1. The highest BCUT2D eigenvalue weighted by Crippen LogP contribution is 2.31. The third-order valence-corrected chi connectivity index (χ3v) is 4.23. The molecule has 1 atom stereocenters. The van der Waals surface area contributed by atoms with Crippen LogP contribution in [0.4, 0.5) is 11.4 Å². The molecule has 0 aromatic heterocycles. The zero-order valence-electron chi connectivity index (χ0n) is 10.4. The summed E-state index contributed by atoms with van der Waals surface area (Å²) in [4.78, 5) is 12.8. The molecule has 0 amide bonds. The molecule has 1 aliphatic heterocycles. The van der Waals surface area contributed by atoms with Crippen LogP contribution in [0.5, 0.6) is 0 Å². The smallest absolute Gasteiger partial charge is 0.269 e. The molecule has 98 valence electrons. The number of alkyl halides is 1. The highest BCUT2D eigenvalue weighted by atomic mass is 79.9. The van der Waals surface area contributed by atoms with Crippen molar-refractivity contribution in [3.05, 3.63) is 33.9 Å². The van der Waals surface area contributed by atoms with E-state index >= 15 is 0 Å². The SMILES string of the molecule is CCC1CCN(c2ccc([N+](=O)[O-])cc2CBr)C1. The summed E-state index contributed by atoms with van der Waals surface area (Å²) >= 11 is 3.42. The van der Waals surface area contributed by atoms with Gasteiger partial charge >= 0.3 is 0 Å². The Morgan fingerprint density at radius 1 is 1.56 bits per heavy atom. The minimum absolute atomic E-state index is 0.166. The van der Waals surface area contributed by atoms with Crippen LogP contribution in [-0.4, -0.2) is 18.0 Å². The lowest BCUT2D eigenvalue weighted by Gasteiger charge is -2.21. The van der Waals surface area contributed by atoms with E-state index in [1.165, 1.54) is 12.8 Å². The summed E-state index contributed by atoms with van der Waals surface area (Å²) < 4.78 is 0. The van der Waals surface area contributed by atoms with Crippen molar-refractivity contribution in [3.63, 3.8) is 0 Å². The molecule has 1 heterocycles. The third-order valence-electron chi connectivity index (χ3n) is 3.62. The molecule has 0 saturated carbocycles. The second kappa shape index (κ2) is 5.69. The predicted molar refractivity (Wildman–Crippen MR) is 76.3 cm³/mol. The fourth-order valence-corrected chi connectivity index (χ4v) is 2.93. The first kappa shape index (κ1) is 13.3. The van der Waals surface area contributed by atoms with Crippen LogP contribution in [0.2, 0.25) is 0 Å². The average Bonchev–Trinajstić information content (AvgIpc) is 2.86. The fourth-order valence-electron chi connectivity index (χ4n) is 2.49. The van der Waals surface area contributed by atoms with E-state index in [0.717, 1.165) is 30.3 Å². The maximum Gasteiger partial charge on any atom is 0.269 e. The number of benzene rings is 1. The molecule has 0 aliphatic carbocycles. The Bertz CT molecular complexity index is 451. The first-order valence-corrected chi connectivity index (χ1v) is 7.36. The van der Waals surface area contributed by atoms with E-state index in [-0.39, 0.29) is 10.6 Å². The van der Waals surface area contributed by atoms with Crippen molar-refractivity contribution in [1.82, 2.24) is 0 Å². The van der Waals surface area contributed by atoms with Gasteiger partial charge in [0.15, 0.2) is 0 Å². The van der Waals surface area contributed by atoms with E-state index in [4.69, 9.17) is 0 Å². The number of rotatable bonds is 4. The molecule has 1 aromatic rings. The van der Waals surface area contributed by atoms with Crippen molar-refractivity contribution in [1.29, 1.82) is 0 Å². The Morgan fingerprint density at radius 3 is 2.89 bits per heavy atom. The molecule has 1 fully saturated rings. The standard InChI is InChI=1S/C13H17BrN2O2/c1-2-10-5-6-15(9-10)13-4-3-12(16(17)18)7-11(13)8-14/h3-4,7,10H,2,5-6,8-9H2,1H3. The van der Waals surface area contributed by atoms with Crippen LogP contribution in [-0.2, 0) is 5.33 Å². The normalized spacial score (nSPS) is 19.2. The number of halogens is 1. The zero-order valence-corrected chi connectivity index (χ0v) is 12.0. The third kappa shape index (κ3) is 2.66. The van der Waals surface area contributed by atoms with Crippen molar-refractivity contribution < 1.29 is 4.92 Å². The summed E-state index contributed by atoms with van der Waals surface area (Å²) in [5.74, 6) is 0.753. The van der Waals surface area contributed by atoms with Gasteiger partial charge in [0.05, 0.1) is 4.92 Å². The summed E-state index contributed by atoms with van der Waals surface area (Å²) in [7, 11) is 0. The monoisotopic (exact) mass is 312 g/mol. The van der Waals surface area contributed by atoms with E-state index in [0.29, 0.717) is 5.33 Å². The number of nitro groups is 1. The van der Waals surface area contributed by atoms with Crippen molar-refractivity contribution >= 4 is 27.3 Å². The quantitative estimate of drug-likeness (QED) is 0.483. The lowest BCUT2D eigenvalue weighted by molar-refractivity contribution is -0.384. The van der Waals surface area contributed by atoms with Gasteiger partial charge in [-0.3, -0.25) is 10.1 Å². The lowest BCUT2D eigenvalue weighted by Crippen LogP contribution is -2.20. The van der Waals surface area contributed by atoms with Crippen LogP contribution in [0, 0.1) is 16.0 Å². The summed E-state index contributed by atoms with van der Waals surface area (Å²) in [5.41, 5.74) is 2.30. The number of nitrogens with zero attached hydrogens (tertiary/aromatic N) is 2. The van der Waals surface area contributed by atoms with Gasteiger partial charge in [0.1, 0.15) is 0 Å². The minimum atomic E-state index is -0.339. The van der Waals surface area contributed by atoms with Gasteiger partial charge in [-0.1, -0.05) is 29.3 Å². The summed E-state index contributed by atoms with van der Waals surface area (Å²) in [6.45, 7) is 4.33. The Hall–Kier alpha value is -1.10. The van der Waals surface area contributed by atoms with Crippen LogP contribution in [0.1, 0.15) is 25.3 Å². The van der Waals surface area contributed by atoms with E-state index in [1.807, 2.05) is 6.07 Å². The molecule has 1 saturated heterocycles. The lowest BCUT2D eigenvalue weighted by atomic mass is 10.1. The average molecular weight is 313 g/mol. The molecule has 1 aliphatic rings. The Morgan fingerprint density at radius 2 is 2.33 bits per heavy atom. The van der Waals surface area contributed by atoms with Gasteiger partial charge in [-0.15, -0.1) is 0 Å². The van der Waals surface area contributed by atoms with Gasteiger partial charge < -0.3 is 4.90 Å². The van der Waals surface area contributed by atoms with E-state index in [2.05, 4.69) is 27.8 Å². The molecule has 1 aromatic carbocycles. The Labute approximate surface area is 115 Å². The molecule has 2 rings (SSSR count). The predicted octanol–water partition coefficient (Wildman–Crippen LogP) is 3.73. The number of hydrogen-bond donors (Lipinski definition) is 0. The van der Waals surface area contributed by atoms with E-state index in [9.17, 15) is 10.1 Å². The van der Waals surface area contributed by atoms with Gasteiger partial charge in [-0.2, -0.15) is 0 Å².